The van der Waals surface area contributed by atoms with Gasteiger partial charge in [0.25, 0.3) is 0 Å². The van der Waals surface area contributed by atoms with Gasteiger partial charge in [-0.3, -0.25) is 9.59 Å². The van der Waals surface area contributed by atoms with Crippen molar-refractivity contribution in [2.75, 3.05) is 13.1 Å². The van der Waals surface area contributed by atoms with E-state index in [2.05, 4.69) is 29.8 Å². The van der Waals surface area contributed by atoms with Crippen molar-refractivity contribution >= 4 is 11.8 Å². The van der Waals surface area contributed by atoms with Gasteiger partial charge in [0, 0.05) is 25.2 Å². The second kappa shape index (κ2) is 17.8. The maximum atomic E-state index is 11.8. The van der Waals surface area contributed by atoms with E-state index in [1.807, 2.05) is 26.0 Å². The first kappa shape index (κ1) is 25.4. The molecule has 0 aromatic carbocycles. The lowest BCUT2D eigenvalue weighted by molar-refractivity contribution is -0.117. The maximum absolute atomic E-state index is 11.8. The van der Waals surface area contributed by atoms with Crippen LogP contribution in [-0.2, 0) is 9.59 Å². The summed E-state index contributed by atoms with van der Waals surface area (Å²) in [6.45, 7) is 9.51. The Kier molecular flexibility index (Phi) is 16.7. The summed E-state index contributed by atoms with van der Waals surface area (Å²) in [6.07, 6.45) is 16.1. The third kappa shape index (κ3) is 17.5. The minimum absolute atomic E-state index is 0.0469. The van der Waals surface area contributed by atoms with Gasteiger partial charge in [-0.25, -0.2) is 0 Å². The van der Waals surface area contributed by atoms with Gasteiger partial charge < -0.3 is 16.0 Å². The highest BCUT2D eigenvalue weighted by Crippen LogP contribution is 2.00. The number of hydrogen-bond donors (Lipinski definition) is 3. The normalized spacial score (nSPS) is 13.8. The van der Waals surface area contributed by atoms with Gasteiger partial charge in [-0.05, 0) is 51.7 Å². The van der Waals surface area contributed by atoms with Crippen molar-refractivity contribution in [2.24, 2.45) is 0 Å². The third-order valence-electron chi connectivity index (χ3n) is 4.22. The van der Waals surface area contributed by atoms with Gasteiger partial charge in [-0.15, -0.1) is 0 Å². The molecule has 2 amide bonds. The molecule has 0 radical (unpaired) electrons. The summed E-state index contributed by atoms with van der Waals surface area (Å²) in [7, 11) is 0. The second-order valence-electron chi connectivity index (χ2n) is 7.26. The third-order valence-corrected chi connectivity index (χ3v) is 4.22. The number of unbranched alkanes of at least 4 members (excludes halogenated alkanes) is 6. The van der Waals surface area contributed by atoms with Crippen LogP contribution < -0.4 is 16.0 Å². The molecule has 0 saturated heterocycles. The van der Waals surface area contributed by atoms with Gasteiger partial charge in [0.2, 0.25) is 11.8 Å². The van der Waals surface area contributed by atoms with Crippen molar-refractivity contribution < 1.29 is 9.59 Å². The van der Waals surface area contributed by atoms with E-state index in [-0.39, 0.29) is 23.9 Å². The topological polar surface area (TPSA) is 70.2 Å². The van der Waals surface area contributed by atoms with Crippen LogP contribution in [0.2, 0.25) is 0 Å². The Morgan fingerprint density at radius 1 is 0.741 bits per heavy atom. The smallest absolute Gasteiger partial charge is 0.243 e. The van der Waals surface area contributed by atoms with Crippen LogP contribution >= 0.6 is 0 Å². The molecule has 5 nitrogen and oxygen atoms in total. The molecule has 5 heteroatoms. The lowest BCUT2D eigenvalue weighted by Crippen LogP contribution is -2.46. The van der Waals surface area contributed by atoms with Gasteiger partial charge in [0.15, 0.2) is 0 Å². The van der Waals surface area contributed by atoms with E-state index in [9.17, 15) is 9.59 Å². The second-order valence-corrected chi connectivity index (χ2v) is 7.26. The van der Waals surface area contributed by atoms with E-state index in [4.69, 9.17) is 0 Å². The molecule has 0 fully saturated rings. The molecule has 0 aromatic rings. The van der Waals surface area contributed by atoms with E-state index in [1.54, 1.807) is 12.2 Å². The first-order valence-electron chi connectivity index (χ1n) is 10.6. The van der Waals surface area contributed by atoms with Gasteiger partial charge >= 0.3 is 0 Å². The zero-order valence-electron chi connectivity index (χ0n) is 17.9. The van der Waals surface area contributed by atoms with Gasteiger partial charge in [0.05, 0.1) is 0 Å². The summed E-state index contributed by atoms with van der Waals surface area (Å²) in [5, 5.41) is 9.18. The fourth-order valence-electron chi connectivity index (χ4n) is 2.63. The molecular formula is C22H41N3O2. The molecular weight excluding hydrogens is 338 g/mol. The zero-order chi connectivity index (χ0) is 20.3. The van der Waals surface area contributed by atoms with Crippen molar-refractivity contribution in [1.82, 2.24) is 16.0 Å². The number of carbonyl (C=O) groups is 2. The lowest BCUT2D eigenvalue weighted by atomic mass is 10.2. The van der Waals surface area contributed by atoms with E-state index in [0.29, 0.717) is 13.1 Å². The van der Waals surface area contributed by atoms with E-state index in [0.717, 1.165) is 25.7 Å². The minimum atomic E-state index is -0.0469. The first-order chi connectivity index (χ1) is 13.0. The Bertz CT molecular complexity index is 407. The van der Waals surface area contributed by atoms with E-state index >= 15 is 0 Å². The average Bonchev–Trinajstić information content (AvgIpc) is 2.64. The molecule has 156 valence electrons. The molecule has 2 unspecified atom stereocenters. The summed E-state index contributed by atoms with van der Waals surface area (Å²) in [5.41, 5.74) is 0. The minimum Gasteiger partial charge on any atom is -0.351 e. The quantitative estimate of drug-likeness (QED) is 0.282. The Labute approximate surface area is 166 Å². The fourth-order valence-corrected chi connectivity index (χ4v) is 2.63. The Hall–Kier alpha value is -1.62. The van der Waals surface area contributed by atoms with E-state index in [1.165, 1.54) is 25.7 Å². The molecule has 0 aromatic heterocycles. The summed E-state index contributed by atoms with van der Waals surface area (Å²) in [4.78, 5) is 23.5. The molecule has 0 saturated carbocycles. The molecule has 0 aliphatic rings. The SMILES string of the molecule is CCCCC/C=C/C(=O)NCC(C)NC(C)CNC(=O)/C=C/CCCCC. The monoisotopic (exact) mass is 379 g/mol. The molecule has 2 atom stereocenters. The zero-order valence-corrected chi connectivity index (χ0v) is 17.9. The van der Waals surface area contributed by atoms with Crippen molar-refractivity contribution in [3.63, 3.8) is 0 Å². The number of nitrogens with one attached hydrogen (secondary N) is 3. The largest absolute Gasteiger partial charge is 0.351 e. The van der Waals surface area contributed by atoms with Crippen molar-refractivity contribution in [2.45, 2.75) is 91.1 Å². The molecule has 0 heterocycles. The van der Waals surface area contributed by atoms with Crippen molar-refractivity contribution in [1.29, 1.82) is 0 Å². The average molecular weight is 380 g/mol. The number of rotatable bonds is 16. The highest BCUT2D eigenvalue weighted by molar-refractivity contribution is 5.87. The predicted octanol–water partition coefficient (Wildman–Crippen LogP) is 3.86. The number of carbonyl (C=O) groups excluding carboxylic acids is 2. The van der Waals surface area contributed by atoms with E-state index < -0.39 is 0 Å². The summed E-state index contributed by atoms with van der Waals surface area (Å²) in [5.74, 6) is -0.0939. The van der Waals surface area contributed by atoms with Gasteiger partial charge in [-0.1, -0.05) is 51.7 Å². The lowest BCUT2D eigenvalue weighted by Gasteiger charge is -2.20. The molecule has 0 aliphatic heterocycles. The molecule has 0 aliphatic carbocycles. The Morgan fingerprint density at radius 3 is 1.52 bits per heavy atom. The molecule has 0 spiro atoms. The van der Waals surface area contributed by atoms with Crippen LogP contribution in [-0.4, -0.2) is 37.0 Å². The number of hydrogen-bond acceptors (Lipinski definition) is 3. The number of allylic oxidation sites excluding steroid dienone is 2. The van der Waals surface area contributed by atoms with Crippen molar-refractivity contribution in [3.05, 3.63) is 24.3 Å². The highest BCUT2D eigenvalue weighted by atomic mass is 16.2. The van der Waals surface area contributed by atoms with Crippen LogP contribution in [0.1, 0.15) is 79.1 Å². The predicted molar refractivity (Wildman–Crippen MR) is 115 cm³/mol. The van der Waals surface area contributed by atoms with Crippen LogP contribution in [0.5, 0.6) is 0 Å². The van der Waals surface area contributed by atoms with Crippen LogP contribution in [0.25, 0.3) is 0 Å². The van der Waals surface area contributed by atoms with Gasteiger partial charge in [-0.2, -0.15) is 0 Å². The number of amides is 2. The fraction of sp³-hybridized carbons (Fsp3) is 0.727. The van der Waals surface area contributed by atoms with Crippen LogP contribution in [0.15, 0.2) is 24.3 Å². The summed E-state index contributed by atoms with van der Waals surface area (Å²) >= 11 is 0. The first-order valence-corrected chi connectivity index (χ1v) is 10.6. The van der Waals surface area contributed by atoms with Gasteiger partial charge in [0.1, 0.15) is 0 Å². The highest BCUT2D eigenvalue weighted by Gasteiger charge is 2.08. The summed E-state index contributed by atoms with van der Waals surface area (Å²) < 4.78 is 0. The Balaban J connectivity index is 3.83. The van der Waals surface area contributed by atoms with Crippen LogP contribution in [0.4, 0.5) is 0 Å². The molecule has 0 bridgehead atoms. The standard InChI is InChI=1S/C22H41N3O2/c1-5-7-9-11-13-15-21(26)23-17-19(3)25-20(4)18-24-22(27)16-14-12-10-8-6-2/h13-16,19-20,25H,5-12,17-18H2,1-4H3,(H,23,26)(H,24,27)/b15-13+,16-14+. The molecule has 0 rings (SSSR count). The summed E-state index contributed by atoms with van der Waals surface area (Å²) in [6, 6.07) is 0.276. The molecule has 3 N–H and O–H groups in total. The van der Waals surface area contributed by atoms with Crippen molar-refractivity contribution in [3.8, 4) is 0 Å². The van der Waals surface area contributed by atoms with Crippen LogP contribution in [0.3, 0.4) is 0 Å². The Morgan fingerprint density at radius 2 is 1.15 bits per heavy atom. The van der Waals surface area contributed by atoms with Crippen LogP contribution in [0, 0.1) is 0 Å². The molecule has 27 heavy (non-hydrogen) atoms. The maximum Gasteiger partial charge on any atom is 0.243 e.